The molecule has 1 aromatic carbocycles. The monoisotopic (exact) mass is 384 g/mol. The van der Waals surface area contributed by atoms with E-state index in [-0.39, 0.29) is 17.9 Å². The van der Waals surface area contributed by atoms with Gasteiger partial charge in [0.1, 0.15) is 11.5 Å². The van der Waals surface area contributed by atoms with Crippen LogP contribution in [-0.2, 0) is 0 Å². The molecule has 2 aromatic rings. The molecule has 1 aliphatic carbocycles. The quantitative estimate of drug-likeness (QED) is 0.788. The molecule has 2 aliphatic rings. The van der Waals surface area contributed by atoms with Crippen LogP contribution in [0.15, 0.2) is 36.7 Å². The first-order valence-corrected chi connectivity index (χ1v) is 10.4. The molecule has 1 N–H and O–H groups in total. The van der Waals surface area contributed by atoms with Gasteiger partial charge in [0, 0.05) is 18.0 Å². The number of hydrogen-bond donors (Lipinski definition) is 1. The molecule has 4 rings (SSSR count). The average molecular weight is 384 g/mol. The van der Waals surface area contributed by atoms with E-state index in [0.717, 1.165) is 6.54 Å². The van der Waals surface area contributed by atoms with Crippen LogP contribution in [0.4, 0.5) is 14.9 Å². The van der Waals surface area contributed by atoms with Crippen molar-refractivity contribution in [2.45, 2.75) is 58.4 Å². The summed E-state index contributed by atoms with van der Waals surface area (Å²) in [5.74, 6) is 0.0835. The Hall–Kier alpha value is -2.37. The molecule has 0 bridgehead atoms. The van der Waals surface area contributed by atoms with Crippen LogP contribution in [-0.4, -0.2) is 33.3 Å². The van der Waals surface area contributed by atoms with E-state index in [0.29, 0.717) is 22.7 Å². The number of halogens is 1. The second-order valence-electron chi connectivity index (χ2n) is 8.65. The molecule has 150 valence electrons. The molecule has 1 aromatic heterocycles. The minimum atomic E-state index is -0.346. The van der Waals surface area contributed by atoms with Crippen molar-refractivity contribution in [1.82, 2.24) is 14.7 Å². The topological polar surface area (TPSA) is 50.2 Å². The normalized spacial score (nSPS) is 21.4. The molecule has 1 saturated heterocycles. The van der Waals surface area contributed by atoms with E-state index in [1.54, 1.807) is 30.6 Å². The summed E-state index contributed by atoms with van der Waals surface area (Å²) >= 11 is 0. The lowest BCUT2D eigenvalue weighted by Crippen LogP contribution is -2.68. The zero-order valence-electron chi connectivity index (χ0n) is 16.7. The lowest BCUT2D eigenvalue weighted by Gasteiger charge is -2.59. The van der Waals surface area contributed by atoms with Gasteiger partial charge in [-0.1, -0.05) is 51.7 Å². The molecule has 1 atom stereocenters. The SMILES string of the molecule is CC(C)C1N(C(=O)Nc2cnn(-c3ccccc3F)c2)CC12CCCCCC2. The Kier molecular flexibility index (Phi) is 5.13. The predicted molar refractivity (Wildman–Crippen MR) is 108 cm³/mol. The van der Waals surface area contributed by atoms with Crippen LogP contribution in [0.5, 0.6) is 0 Å². The third-order valence-corrected chi connectivity index (χ3v) is 6.37. The Morgan fingerprint density at radius 3 is 2.61 bits per heavy atom. The fourth-order valence-electron chi connectivity index (χ4n) is 5.25. The van der Waals surface area contributed by atoms with Crippen LogP contribution in [0.3, 0.4) is 0 Å². The molecule has 5 nitrogen and oxygen atoms in total. The summed E-state index contributed by atoms with van der Waals surface area (Å²) < 4.78 is 15.4. The lowest BCUT2D eigenvalue weighted by molar-refractivity contribution is -0.0726. The van der Waals surface area contributed by atoms with Crippen LogP contribution >= 0.6 is 0 Å². The number of hydrogen-bond acceptors (Lipinski definition) is 2. The Morgan fingerprint density at radius 2 is 1.93 bits per heavy atom. The van der Waals surface area contributed by atoms with Gasteiger partial charge in [-0.3, -0.25) is 0 Å². The van der Waals surface area contributed by atoms with Crippen molar-refractivity contribution >= 4 is 11.7 Å². The van der Waals surface area contributed by atoms with Gasteiger partial charge in [-0.2, -0.15) is 5.10 Å². The van der Waals surface area contributed by atoms with Gasteiger partial charge in [0.2, 0.25) is 0 Å². The van der Waals surface area contributed by atoms with Gasteiger partial charge < -0.3 is 10.2 Å². The third-order valence-electron chi connectivity index (χ3n) is 6.37. The van der Waals surface area contributed by atoms with Gasteiger partial charge in [0.25, 0.3) is 0 Å². The van der Waals surface area contributed by atoms with Crippen molar-refractivity contribution in [3.05, 3.63) is 42.5 Å². The molecule has 1 aliphatic heterocycles. The van der Waals surface area contributed by atoms with E-state index in [1.807, 2.05) is 4.90 Å². The van der Waals surface area contributed by atoms with Crippen molar-refractivity contribution in [3.8, 4) is 5.69 Å². The standard InChI is InChI=1S/C22H29FN4O/c1-16(2)20-22(11-7-3-4-8-12-22)15-26(20)21(28)25-17-13-24-27(14-17)19-10-6-5-9-18(19)23/h5-6,9-10,13-14,16,20H,3-4,7-8,11-12,15H2,1-2H3,(H,25,28). The Morgan fingerprint density at radius 1 is 1.21 bits per heavy atom. The molecule has 1 saturated carbocycles. The number of anilines is 1. The molecule has 6 heteroatoms. The molecule has 1 unspecified atom stereocenters. The average Bonchev–Trinajstić information content (AvgIpc) is 2.94. The maximum Gasteiger partial charge on any atom is 0.322 e. The lowest BCUT2D eigenvalue weighted by atomic mass is 9.63. The van der Waals surface area contributed by atoms with Gasteiger partial charge >= 0.3 is 6.03 Å². The Balaban J connectivity index is 1.46. The minimum Gasteiger partial charge on any atom is -0.320 e. The molecule has 2 heterocycles. The number of para-hydroxylation sites is 1. The molecule has 1 spiro atoms. The number of carbonyl (C=O) groups excluding carboxylic acids is 1. The van der Waals surface area contributed by atoms with E-state index in [2.05, 4.69) is 24.3 Å². The van der Waals surface area contributed by atoms with Crippen LogP contribution < -0.4 is 5.32 Å². The van der Waals surface area contributed by atoms with Gasteiger partial charge in [-0.05, 0) is 30.9 Å². The van der Waals surface area contributed by atoms with E-state index in [4.69, 9.17) is 0 Å². The first-order valence-electron chi connectivity index (χ1n) is 10.4. The predicted octanol–water partition coefficient (Wildman–Crippen LogP) is 5.22. The van der Waals surface area contributed by atoms with Gasteiger partial charge in [-0.15, -0.1) is 0 Å². The largest absolute Gasteiger partial charge is 0.322 e. The molecule has 2 fully saturated rings. The van der Waals surface area contributed by atoms with Gasteiger partial charge in [0.15, 0.2) is 0 Å². The second-order valence-corrected chi connectivity index (χ2v) is 8.65. The number of carbonyl (C=O) groups is 1. The minimum absolute atomic E-state index is 0.0818. The van der Waals surface area contributed by atoms with Crippen LogP contribution in [0.2, 0.25) is 0 Å². The summed E-state index contributed by atoms with van der Waals surface area (Å²) in [7, 11) is 0. The number of rotatable bonds is 3. The Labute approximate surface area is 165 Å². The smallest absolute Gasteiger partial charge is 0.320 e. The third kappa shape index (κ3) is 3.40. The summed E-state index contributed by atoms with van der Waals surface area (Å²) in [4.78, 5) is 14.9. The Bertz CT molecular complexity index is 839. The highest BCUT2D eigenvalue weighted by molar-refractivity contribution is 5.90. The molecule has 28 heavy (non-hydrogen) atoms. The number of amides is 2. The summed E-state index contributed by atoms with van der Waals surface area (Å²) in [6.07, 6.45) is 10.8. The highest BCUT2D eigenvalue weighted by Crippen LogP contribution is 2.50. The van der Waals surface area contributed by atoms with Crippen molar-refractivity contribution in [3.63, 3.8) is 0 Å². The van der Waals surface area contributed by atoms with Gasteiger partial charge in [0.05, 0.1) is 18.1 Å². The fourth-order valence-corrected chi connectivity index (χ4v) is 5.25. The fraction of sp³-hybridized carbons (Fsp3) is 0.545. The molecular weight excluding hydrogens is 355 g/mol. The van der Waals surface area contributed by atoms with Crippen molar-refractivity contribution in [2.24, 2.45) is 11.3 Å². The highest BCUT2D eigenvalue weighted by Gasteiger charge is 2.54. The number of urea groups is 1. The summed E-state index contributed by atoms with van der Waals surface area (Å²) in [6, 6.07) is 6.67. The number of likely N-dealkylation sites (tertiary alicyclic amines) is 1. The first-order chi connectivity index (χ1) is 13.5. The first kappa shape index (κ1) is 19.0. The number of benzene rings is 1. The zero-order valence-corrected chi connectivity index (χ0v) is 16.7. The summed E-state index contributed by atoms with van der Waals surface area (Å²) in [5, 5.41) is 7.15. The van der Waals surface area contributed by atoms with Gasteiger partial charge in [-0.25, -0.2) is 13.9 Å². The summed E-state index contributed by atoms with van der Waals surface area (Å²) in [5.41, 5.74) is 1.24. The highest BCUT2D eigenvalue weighted by atomic mass is 19.1. The van der Waals surface area contributed by atoms with Crippen LogP contribution in [0.1, 0.15) is 52.4 Å². The van der Waals surface area contributed by atoms with Crippen molar-refractivity contribution in [1.29, 1.82) is 0 Å². The van der Waals surface area contributed by atoms with E-state index in [1.165, 1.54) is 49.3 Å². The summed E-state index contributed by atoms with van der Waals surface area (Å²) in [6.45, 7) is 5.27. The maximum atomic E-state index is 14.0. The second kappa shape index (κ2) is 7.57. The van der Waals surface area contributed by atoms with Crippen LogP contribution in [0, 0.1) is 17.2 Å². The molecule has 2 amide bonds. The van der Waals surface area contributed by atoms with Crippen molar-refractivity contribution in [2.75, 3.05) is 11.9 Å². The van der Waals surface area contributed by atoms with E-state index >= 15 is 0 Å². The number of nitrogens with zero attached hydrogens (tertiary/aromatic N) is 3. The maximum absolute atomic E-state index is 14.0. The zero-order chi connectivity index (χ0) is 19.7. The van der Waals surface area contributed by atoms with Crippen molar-refractivity contribution < 1.29 is 9.18 Å². The number of aromatic nitrogens is 2. The van der Waals surface area contributed by atoms with E-state index in [9.17, 15) is 9.18 Å². The van der Waals surface area contributed by atoms with E-state index < -0.39 is 0 Å². The molecular formula is C22H29FN4O. The number of nitrogens with one attached hydrogen (secondary N) is 1. The molecule has 0 radical (unpaired) electrons. The van der Waals surface area contributed by atoms with Crippen LogP contribution in [0.25, 0.3) is 5.69 Å².